The van der Waals surface area contributed by atoms with E-state index in [4.69, 9.17) is 5.11 Å². The molecule has 0 aromatic heterocycles. The molecule has 0 radical (unpaired) electrons. The van der Waals surface area contributed by atoms with Crippen LogP contribution in [0.15, 0.2) is 12.7 Å². The number of rotatable bonds is 7. The van der Waals surface area contributed by atoms with Gasteiger partial charge in [-0.1, -0.05) is 38.7 Å². The zero-order valence-corrected chi connectivity index (χ0v) is 7.75. The van der Waals surface area contributed by atoms with E-state index in [1.54, 1.807) is 0 Å². The summed E-state index contributed by atoms with van der Waals surface area (Å²) in [6, 6.07) is 0. The summed E-state index contributed by atoms with van der Waals surface area (Å²) in [5, 5.41) is 8.66. The summed E-state index contributed by atoms with van der Waals surface area (Å²) in [5.74, 6) is -1.09. The lowest BCUT2D eigenvalue weighted by Gasteiger charge is -2.05. The van der Waals surface area contributed by atoms with E-state index in [1.807, 2.05) is 0 Å². The zero-order valence-electron chi connectivity index (χ0n) is 7.75. The summed E-state index contributed by atoms with van der Waals surface area (Å²) in [5.41, 5.74) is 0. The second-order valence-corrected chi connectivity index (χ2v) is 3.03. The van der Waals surface area contributed by atoms with Crippen LogP contribution >= 0.6 is 0 Å². The molecule has 0 spiro atoms. The van der Waals surface area contributed by atoms with Crippen LogP contribution in [0.1, 0.15) is 39.0 Å². The number of hydrogen-bond donors (Lipinski definition) is 1. The van der Waals surface area contributed by atoms with E-state index in [2.05, 4.69) is 13.5 Å². The van der Waals surface area contributed by atoms with Crippen molar-refractivity contribution in [1.82, 2.24) is 0 Å². The number of aliphatic carboxylic acids is 1. The van der Waals surface area contributed by atoms with Gasteiger partial charge in [0.25, 0.3) is 0 Å². The minimum Gasteiger partial charge on any atom is -0.481 e. The summed E-state index contributed by atoms with van der Waals surface area (Å²) in [7, 11) is 0. The van der Waals surface area contributed by atoms with Crippen molar-refractivity contribution in [1.29, 1.82) is 0 Å². The van der Waals surface area contributed by atoms with E-state index in [0.717, 1.165) is 19.3 Å². The van der Waals surface area contributed by atoms with Crippen molar-refractivity contribution in [2.45, 2.75) is 39.0 Å². The topological polar surface area (TPSA) is 37.3 Å². The van der Waals surface area contributed by atoms with Crippen molar-refractivity contribution < 1.29 is 9.90 Å². The maximum atomic E-state index is 10.5. The SMILES string of the molecule is C=CC(CCCCCC)C(=O)O. The molecule has 0 rings (SSSR count). The van der Waals surface area contributed by atoms with Gasteiger partial charge in [-0.15, -0.1) is 6.58 Å². The smallest absolute Gasteiger partial charge is 0.310 e. The third kappa shape index (κ3) is 4.94. The van der Waals surface area contributed by atoms with E-state index in [-0.39, 0.29) is 5.92 Å². The minimum atomic E-state index is -0.749. The number of carboxylic acids is 1. The van der Waals surface area contributed by atoms with Gasteiger partial charge in [-0.3, -0.25) is 4.79 Å². The predicted molar refractivity (Wildman–Crippen MR) is 50.1 cm³/mol. The number of carboxylic acid groups (broad SMARTS) is 1. The quantitative estimate of drug-likeness (QED) is 0.471. The van der Waals surface area contributed by atoms with Crippen LogP contribution in [0.4, 0.5) is 0 Å². The number of hydrogen-bond acceptors (Lipinski definition) is 1. The molecular weight excluding hydrogens is 152 g/mol. The maximum absolute atomic E-state index is 10.5. The molecule has 0 amide bonds. The van der Waals surface area contributed by atoms with Gasteiger partial charge in [0.15, 0.2) is 0 Å². The van der Waals surface area contributed by atoms with Crippen LogP contribution < -0.4 is 0 Å². The Balaban J connectivity index is 3.45. The lowest BCUT2D eigenvalue weighted by atomic mass is 10.0. The van der Waals surface area contributed by atoms with E-state index >= 15 is 0 Å². The highest BCUT2D eigenvalue weighted by Crippen LogP contribution is 2.11. The first-order chi connectivity index (χ1) is 5.72. The molecule has 0 aliphatic heterocycles. The first-order valence-electron chi connectivity index (χ1n) is 4.57. The van der Waals surface area contributed by atoms with E-state index in [0.29, 0.717) is 0 Å². The third-order valence-electron chi connectivity index (χ3n) is 1.97. The highest BCUT2D eigenvalue weighted by atomic mass is 16.4. The van der Waals surface area contributed by atoms with E-state index < -0.39 is 5.97 Å². The van der Waals surface area contributed by atoms with Gasteiger partial charge in [0.2, 0.25) is 0 Å². The van der Waals surface area contributed by atoms with Crippen LogP contribution in [-0.4, -0.2) is 11.1 Å². The van der Waals surface area contributed by atoms with Gasteiger partial charge in [0, 0.05) is 0 Å². The van der Waals surface area contributed by atoms with Crippen LogP contribution in [0.2, 0.25) is 0 Å². The van der Waals surface area contributed by atoms with Gasteiger partial charge in [-0.05, 0) is 6.42 Å². The molecule has 0 fully saturated rings. The third-order valence-corrected chi connectivity index (χ3v) is 1.97. The van der Waals surface area contributed by atoms with Crippen molar-refractivity contribution in [3.63, 3.8) is 0 Å². The second-order valence-electron chi connectivity index (χ2n) is 3.03. The lowest BCUT2D eigenvalue weighted by molar-refractivity contribution is -0.140. The van der Waals surface area contributed by atoms with Crippen molar-refractivity contribution in [2.75, 3.05) is 0 Å². The molecular formula is C10H18O2. The molecule has 1 unspecified atom stereocenters. The fourth-order valence-electron chi connectivity index (χ4n) is 1.13. The largest absolute Gasteiger partial charge is 0.481 e. The Kier molecular flexibility index (Phi) is 6.44. The number of carbonyl (C=O) groups is 1. The molecule has 0 aromatic rings. The molecule has 0 aromatic carbocycles. The van der Waals surface area contributed by atoms with Crippen LogP contribution in [0.25, 0.3) is 0 Å². The summed E-state index contributed by atoms with van der Waals surface area (Å²) < 4.78 is 0. The van der Waals surface area contributed by atoms with Crippen molar-refractivity contribution in [3.8, 4) is 0 Å². The summed E-state index contributed by atoms with van der Waals surface area (Å²) in [6.45, 7) is 5.64. The monoisotopic (exact) mass is 170 g/mol. The Morgan fingerprint density at radius 3 is 2.58 bits per heavy atom. The molecule has 0 saturated heterocycles. The molecule has 1 N–H and O–H groups in total. The first-order valence-corrected chi connectivity index (χ1v) is 4.57. The fourth-order valence-corrected chi connectivity index (χ4v) is 1.13. The summed E-state index contributed by atoms with van der Waals surface area (Å²) in [6.07, 6.45) is 6.77. The maximum Gasteiger partial charge on any atom is 0.310 e. The average Bonchev–Trinajstić information content (AvgIpc) is 2.04. The Morgan fingerprint density at radius 1 is 1.50 bits per heavy atom. The highest BCUT2D eigenvalue weighted by Gasteiger charge is 2.11. The van der Waals surface area contributed by atoms with Gasteiger partial charge in [-0.2, -0.15) is 0 Å². The van der Waals surface area contributed by atoms with Crippen LogP contribution in [0, 0.1) is 5.92 Å². The average molecular weight is 170 g/mol. The molecule has 0 aliphatic carbocycles. The molecule has 12 heavy (non-hydrogen) atoms. The molecule has 0 aliphatic rings. The lowest BCUT2D eigenvalue weighted by Crippen LogP contribution is -2.10. The van der Waals surface area contributed by atoms with E-state index in [9.17, 15) is 4.79 Å². The van der Waals surface area contributed by atoms with Crippen LogP contribution in [-0.2, 0) is 4.79 Å². The number of unbranched alkanes of at least 4 members (excludes halogenated alkanes) is 3. The van der Waals surface area contributed by atoms with Gasteiger partial charge in [0.05, 0.1) is 5.92 Å². The zero-order chi connectivity index (χ0) is 9.40. The Labute approximate surface area is 74.3 Å². The van der Waals surface area contributed by atoms with Gasteiger partial charge in [0.1, 0.15) is 0 Å². The Hall–Kier alpha value is -0.790. The van der Waals surface area contributed by atoms with Gasteiger partial charge in [-0.25, -0.2) is 0 Å². The molecule has 2 heteroatoms. The normalized spacial score (nSPS) is 12.4. The molecule has 2 nitrogen and oxygen atoms in total. The highest BCUT2D eigenvalue weighted by molar-refractivity contribution is 5.71. The summed E-state index contributed by atoms with van der Waals surface area (Å²) >= 11 is 0. The standard InChI is InChI=1S/C10H18O2/c1-3-5-6-7-8-9(4-2)10(11)12/h4,9H,2-3,5-8H2,1H3,(H,11,12). The van der Waals surface area contributed by atoms with Crippen LogP contribution in [0.3, 0.4) is 0 Å². The molecule has 0 bridgehead atoms. The predicted octanol–water partition coefficient (Wildman–Crippen LogP) is 2.84. The second kappa shape index (κ2) is 6.89. The van der Waals surface area contributed by atoms with Crippen LogP contribution in [0.5, 0.6) is 0 Å². The molecule has 0 heterocycles. The van der Waals surface area contributed by atoms with Gasteiger partial charge < -0.3 is 5.11 Å². The van der Waals surface area contributed by atoms with Gasteiger partial charge >= 0.3 is 5.97 Å². The first kappa shape index (κ1) is 11.2. The minimum absolute atomic E-state index is 0.346. The van der Waals surface area contributed by atoms with Crippen molar-refractivity contribution >= 4 is 5.97 Å². The molecule has 0 saturated carbocycles. The van der Waals surface area contributed by atoms with Crippen molar-refractivity contribution in [3.05, 3.63) is 12.7 Å². The Bertz CT molecular complexity index is 141. The Morgan fingerprint density at radius 2 is 2.17 bits per heavy atom. The molecule has 70 valence electrons. The van der Waals surface area contributed by atoms with Crippen molar-refractivity contribution in [2.24, 2.45) is 5.92 Å². The fraction of sp³-hybridized carbons (Fsp3) is 0.700. The molecule has 1 atom stereocenters. The van der Waals surface area contributed by atoms with E-state index in [1.165, 1.54) is 18.9 Å². The summed E-state index contributed by atoms with van der Waals surface area (Å²) in [4.78, 5) is 10.5.